The van der Waals surface area contributed by atoms with Gasteiger partial charge in [-0.1, -0.05) is 6.07 Å². The Kier molecular flexibility index (Phi) is 7.50. The number of unbranched alkanes of at least 4 members (excludes halogenated alkanes) is 1. The van der Waals surface area contributed by atoms with E-state index < -0.39 is 5.82 Å². The molecule has 0 heterocycles. The van der Waals surface area contributed by atoms with Gasteiger partial charge >= 0.3 is 0 Å². The average Bonchev–Trinajstić information content (AvgIpc) is 2.24. The van der Waals surface area contributed by atoms with Gasteiger partial charge in [-0.15, -0.1) is 12.4 Å². The van der Waals surface area contributed by atoms with Crippen LogP contribution in [0.25, 0.3) is 0 Å². The van der Waals surface area contributed by atoms with Crippen molar-refractivity contribution in [2.24, 2.45) is 5.73 Å². The van der Waals surface area contributed by atoms with Gasteiger partial charge in [-0.25, -0.2) is 4.39 Å². The molecule has 90 valence electrons. The third-order valence-electron chi connectivity index (χ3n) is 2.00. The summed E-state index contributed by atoms with van der Waals surface area (Å²) in [5, 5.41) is 2.70. The first-order chi connectivity index (χ1) is 7.24. The summed E-state index contributed by atoms with van der Waals surface area (Å²) in [6, 6.07) is 5.63. The highest BCUT2D eigenvalue weighted by atomic mass is 35.5. The molecule has 0 radical (unpaired) electrons. The number of benzene rings is 1. The molecule has 1 aromatic rings. The highest BCUT2D eigenvalue weighted by Gasteiger charge is 2.04. The Bertz CT molecular complexity index is 334. The van der Waals surface area contributed by atoms with Crippen molar-refractivity contribution in [1.29, 1.82) is 0 Å². The minimum absolute atomic E-state index is 0. The summed E-state index contributed by atoms with van der Waals surface area (Å²) < 4.78 is 12.8. The van der Waals surface area contributed by atoms with Gasteiger partial charge in [0, 0.05) is 12.1 Å². The van der Waals surface area contributed by atoms with Gasteiger partial charge < -0.3 is 11.1 Å². The second-order valence-corrected chi connectivity index (χ2v) is 3.26. The largest absolute Gasteiger partial charge is 0.352 e. The Morgan fingerprint density at radius 3 is 2.75 bits per heavy atom. The van der Waals surface area contributed by atoms with E-state index in [9.17, 15) is 9.18 Å². The SMILES string of the molecule is Cl.NCCCCNC(=O)c1cccc(F)c1. The van der Waals surface area contributed by atoms with Crippen LogP contribution in [-0.2, 0) is 0 Å². The van der Waals surface area contributed by atoms with Crippen LogP contribution in [0.5, 0.6) is 0 Å². The number of amides is 1. The molecule has 3 N–H and O–H groups in total. The molecule has 1 amide bonds. The van der Waals surface area contributed by atoms with Crippen LogP contribution < -0.4 is 11.1 Å². The van der Waals surface area contributed by atoms with Crippen LogP contribution in [0, 0.1) is 5.82 Å². The van der Waals surface area contributed by atoms with Gasteiger partial charge in [-0.05, 0) is 37.6 Å². The van der Waals surface area contributed by atoms with Gasteiger partial charge in [0.25, 0.3) is 5.91 Å². The van der Waals surface area contributed by atoms with E-state index in [0.717, 1.165) is 12.8 Å². The number of hydrogen-bond donors (Lipinski definition) is 2. The third-order valence-corrected chi connectivity index (χ3v) is 2.00. The number of carbonyl (C=O) groups excluding carboxylic acids is 1. The lowest BCUT2D eigenvalue weighted by molar-refractivity contribution is 0.0952. The molecule has 0 unspecified atom stereocenters. The van der Waals surface area contributed by atoms with Crippen molar-refractivity contribution in [2.75, 3.05) is 13.1 Å². The summed E-state index contributed by atoms with van der Waals surface area (Å²) in [6.45, 7) is 1.20. The quantitative estimate of drug-likeness (QED) is 0.778. The Hall–Kier alpha value is -1.13. The average molecular weight is 247 g/mol. The van der Waals surface area contributed by atoms with E-state index in [1.165, 1.54) is 18.2 Å². The van der Waals surface area contributed by atoms with Crippen LogP contribution in [0.3, 0.4) is 0 Å². The standard InChI is InChI=1S/C11H15FN2O.ClH/c12-10-5-3-4-9(8-10)11(15)14-7-2-1-6-13;/h3-5,8H,1-2,6-7,13H2,(H,14,15);1H. The van der Waals surface area contributed by atoms with E-state index >= 15 is 0 Å². The summed E-state index contributed by atoms with van der Waals surface area (Å²) in [6.07, 6.45) is 1.72. The Morgan fingerprint density at radius 2 is 2.12 bits per heavy atom. The molecule has 0 aliphatic heterocycles. The molecule has 5 heteroatoms. The lowest BCUT2D eigenvalue weighted by Crippen LogP contribution is -2.24. The van der Waals surface area contributed by atoms with Crippen LogP contribution in [0.2, 0.25) is 0 Å². The molecule has 0 fully saturated rings. The van der Waals surface area contributed by atoms with Crippen LogP contribution in [-0.4, -0.2) is 19.0 Å². The van der Waals surface area contributed by atoms with Crippen LogP contribution >= 0.6 is 12.4 Å². The van der Waals surface area contributed by atoms with E-state index in [1.54, 1.807) is 6.07 Å². The molecule has 0 aliphatic rings. The molecule has 0 aliphatic carbocycles. The van der Waals surface area contributed by atoms with Crippen molar-refractivity contribution in [1.82, 2.24) is 5.32 Å². The maximum absolute atomic E-state index is 12.8. The van der Waals surface area contributed by atoms with Crippen molar-refractivity contribution < 1.29 is 9.18 Å². The highest BCUT2D eigenvalue weighted by molar-refractivity contribution is 5.94. The molecule has 0 saturated carbocycles. The molecule has 1 rings (SSSR count). The number of rotatable bonds is 5. The van der Waals surface area contributed by atoms with Gasteiger partial charge in [0.05, 0.1) is 0 Å². The first kappa shape index (κ1) is 14.9. The summed E-state index contributed by atoms with van der Waals surface area (Å²) >= 11 is 0. The number of halogens is 2. The Labute approximate surface area is 101 Å². The topological polar surface area (TPSA) is 55.1 Å². The first-order valence-corrected chi connectivity index (χ1v) is 4.98. The molecule has 3 nitrogen and oxygen atoms in total. The van der Waals surface area contributed by atoms with E-state index in [1.807, 2.05) is 0 Å². The molecule has 1 aromatic carbocycles. The normalized spacial score (nSPS) is 9.38. The predicted molar refractivity (Wildman–Crippen MR) is 64.3 cm³/mol. The van der Waals surface area contributed by atoms with Crippen LogP contribution in [0.4, 0.5) is 4.39 Å². The van der Waals surface area contributed by atoms with Crippen molar-refractivity contribution in [3.05, 3.63) is 35.6 Å². The van der Waals surface area contributed by atoms with Crippen LogP contribution in [0.1, 0.15) is 23.2 Å². The minimum atomic E-state index is -0.399. The number of carbonyl (C=O) groups is 1. The van der Waals surface area contributed by atoms with Crippen LogP contribution in [0.15, 0.2) is 24.3 Å². The second kappa shape index (κ2) is 8.07. The maximum atomic E-state index is 12.8. The monoisotopic (exact) mass is 246 g/mol. The second-order valence-electron chi connectivity index (χ2n) is 3.26. The van der Waals surface area contributed by atoms with E-state index in [2.05, 4.69) is 5.32 Å². The molecule has 0 atom stereocenters. The molecular weight excluding hydrogens is 231 g/mol. The van der Waals surface area contributed by atoms with Gasteiger partial charge in [-0.3, -0.25) is 4.79 Å². The van der Waals surface area contributed by atoms with Crippen molar-refractivity contribution in [2.45, 2.75) is 12.8 Å². The fourth-order valence-corrected chi connectivity index (χ4v) is 1.20. The molecular formula is C11H16ClFN2O. The first-order valence-electron chi connectivity index (χ1n) is 4.98. The zero-order valence-corrected chi connectivity index (χ0v) is 9.73. The lowest BCUT2D eigenvalue weighted by atomic mass is 10.2. The third kappa shape index (κ3) is 5.09. The van der Waals surface area contributed by atoms with Crippen molar-refractivity contribution in [3.63, 3.8) is 0 Å². The Morgan fingerprint density at radius 1 is 1.38 bits per heavy atom. The molecule has 0 aromatic heterocycles. The number of nitrogens with two attached hydrogens (primary N) is 1. The zero-order chi connectivity index (χ0) is 11.1. The van der Waals surface area contributed by atoms with E-state index in [0.29, 0.717) is 18.7 Å². The minimum Gasteiger partial charge on any atom is -0.352 e. The zero-order valence-electron chi connectivity index (χ0n) is 8.91. The summed E-state index contributed by atoms with van der Waals surface area (Å²) in [5.74, 6) is -0.642. The predicted octanol–water partition coefficient (Wildman–Crippen LogP) is 1.72. The Balaban J connectivity index is 0.00000225. The molecule has 0 spiro atoms. The summed E-state index contributed by atoms with van der Waals surface area (Å²) in [5.41, 5.74) is 5.66. The van der Waals surface area contributed by atoms with Gasteiger partial charge in [-0.2, -0.15) is 0 Å². The molecule has 0 saturated heterocycles. The van der Waals surface area contributed by atoms with Crippen molar-refractivity contribution in [3.8, 4) is 0 Å². The lowest BCUT2D eigenvalue weighted by Gasteiger charge is -2.04. The van der Waals surface area contributed by atoms with E-state index in [4.69, 9.17) is 5.73 Å². The van der Waals surface area contributed by atoms with Gasteiger partial charge in [0.1, 0.15) is 5.82 Å². The maximum Gasteiger partial charge on any atom is 0.251 e. The van der Waals surface area contributed by atoms with Gasteiger partial charge in [0.15, 0.2) is 0 Å². The number of hydrogen-bond acceptors (Lipinski definition) is 2. The van der Waals surface area contributed by atoms with Crippen molar-refractivity contribution >= 4 is 18.3 Å². The fourth-order valence-electron chi connectivity index (χ4n) is 1.20. The highest BCUT2D eigenvalue weighted by Crippen LogP contribution is 2.02. The van der Waals surface area contributed by atoms with Gasteiger partial charge in [0.2, 0.25) is 0 Å². The molecule has 16 heavy (non-hydrogen) atoms. The molecule has 0 bridgehead atoms. The summed E-state index contributed by atoms with van der Waals surface area (Å²) in [7, 11) is 0. The fraction of sp³-hybridized carbons (Fsp3) is 0.364. The summed E-state index contributed by atoms with van der Waals surface area (Å²) in [4.78, 5) is 11.5. The number of nitrogens with one attached hydrogen (secondary N) is 1. The van der Waals surface area contributed by atoms with E-state index in [-0.39, 0.29) is 18.3 Å². The smallest absolute Gasteiger partial charge is 0.251 e.